The summed E-state index contributed by atoms with van der Waals surface area (Å²) in [6, 6.07) is 25.4. The van der Waals surface area contributed by atoms with Gasteiger partial charge in [0.25, 0.3) is 11.1 Å². The average Bonchev–Trinajstić information content (AvgIpc) is 3.88. The molecule has 9 rings (SSSR count). The molecule has 3 N–H and O–H groups in total. The summed E-state index contributed by atoms with van der Waals surface area (Å²) >= 11 is 0. The monoisotopic (exact) mass is 730 g/mol. The van der Waals surface area contributed by atoms with E-state index in [9.17, 15) is 14.8 Å². The predicted molar refractivity (Wildman–Crippen MR) is 214 cm³/mol. The van der Waals surface area contributed by atoms with Crippen LogP contribution in [0.4, 0.5) is 11.4 Å². The summed E-state index contributed by atoms with van der Waals surface area (Å²) < 4.78 is 1.81. The summed E-state index contributed by atoms with van der Waals surface area (Å²) in [5.41, 5.74) is 11.1. The number of allylic oxidation sites excluding steroid dienone is 2. The molecule has 0 radical (unpaired) electrons. The third-order valence-electron chi connectivity index (χ3n) is 9.76. The summed E-state index contributed by atoms with van der Waals surface area (Å²) in [4.78, 5) is 47.5. The molecule has 4 aromatic heterocycles. The zero-order valence-electron chi connectivity index (χ0n) is 30.4. The smallest absolute Gasteiger partial charge is 0.287 e. The van der Waals surface area contributed by atoms with Crippen LogP contribution in [0.15, 0.2) is 113 Å². The summed E-state index contributed by atoms with van der Waals surface area (Å²) in [5, 5.41) is 18.0. The van der Waals surface area contributed by atoms with Gasteiger partial charge in [-0.15, -0.1) is 9.46 Å². The Bertz CT molecular complexity index is 2760. The normalized spacial score (nSPS) is 12.3. The van der Waals surface area contributed by atoms with E-state index in [4.69, 9.17) is 4.84 Å². The third kappa shape index (κ3) is 7.30. The largest absolute Gasteiger partial charge is 0.423 e. The number of hydrogen-bond donors (Lipinski definition) is 3. The molecule has 0 bridgehead atoms. The number of aryl methyl sites for hydroxylation is 2. The number of benzene rings is 3. The van der Waals surface area contributed by atoms with Gasteiger partial charge in [0.15, 0.2) is 11.3 Å². The van der Waals surface area contributed by atoms with Crippen molar-refractivity contribution in [3.8, 4) is 0 Å². The maximum atomic E-state index is 12.9. The lowest BCUT2D eigenvalue weighted by Gasteiger charge is -2.16. The van der Waals surface area contributed by atoms with Crippen molar-refractivity contribution in [1.29, 1.82) is 0 Å². The number of rotatable bonds is 9. The van der Waals surface area contributed by atoms with Gasteiger partial charge in [-0.25, -0.2) is 19.9 Å². The highest BCUT2D eigenvalue weighted by Crippen LogP contribution is 2.26. The minimum absolute atomic E-state index is 0.204. The molecule has 4 heterocycles. The highest BCUT2D eigenvalue weighted by Gasteiger charge is 2.16. The van der Waals surface area contributed by atoms with Gasteiger partial charge >= 0.3 is 0 Å². The number of nitrogens with one attached hydrogen (secondary N) is 2. The van der Waals surface area contributed by atoms with E-state index in [1.807, 2.05) is 44.2 Å². The first kappa shape index (κ1) is 35.0. The van der Waals surface area contributed by atoms with Crippen molar-refractivity contribution >= 4 is 45.6 Å². The van der Waals surface area contributed by atoms with Gasteiger partial charge in [0.2, 0.25) is 0 Å². The molecule has 0 aliphatic heterocycles. The SMILES string of the molecule is Cc1ncnc2c1c(NCc1ccc3c(c1)CC=C3)cc(=O)n2O.Cc1ncnc2c1c(NCc1ccc3c(c1)CC=C3)cc(=O)n2OCc1ccccc1. The van der Waals surface area contributed by atoms with Crippen molar-refractivity contribution in [2.75, 3.05) is 10.6 Å². The van der Waals surface area contributed by atoms with Gasteiger partial charge < -0.3 is 20.7 Å². The van der Waals surface area contributed by atoms with E-state index in [1.165, 1.54) is 45.7 Å². The van der Waals surface area contributed by atoms with Gasteiger partial charge in [0.05, 0.1) is 33.5 Å². The number of nitrogens with zero attached hydrogens (tertiary/aromatic N) is 6. The molecule has 2 aliphatic rings. The van der Waals surface area contributed by atoms with Crippen LogP contribution in [0.25, 0.3) is 34.2 Å². The minimum atomic E-state index is -0.527. The molecule has 0 unspecified atom stereocenters. The topological polar surface area (TPSA) is 149 Å². The van der Waals surface area contributed by atoms with Gasteiger partial charge in [-0.2, -0.15) is 0 Å². The summed E-state index contributed by atoms with van der Waals surface area (Å²) in [6.45, 7) is 5.18. The Morgan fingerprint density at radius 3 is 1.80 bits per heavy atom. The minimum Gasteiger partial charge on any atom is -0.423 e. The van der Waals surface area contributed by atoms with Gasteiger partial charge in [-0.05, 0) is 65.6 Å². The summed E-state index contributed by atoms with van der Waals surface area (Å²) in [7, 11) is 0. The number of fused-ring (bicyclic) bond motifs is 4. The van der Waals surface area contributed by atoms with E-state index in [2.05, 4.69) is 91.3 Å². The van der Waals surface area contributed by atoms with Crippen LogP contribution in [-0.4, -0.2) is 34.6 Å². The summed E-state index contributed by atoms with van der Waals surface area (Å²) in [5.74, 6) is 0. The molecule has 0 atom stereocenters. The van der Waals surface area contributed by atoms with E-state index in [1.54, 1.807) is 6.07 Å². The Morgan fingerprint density at radius 1 is 0.655 bits per heavy atom. The first-order valence-corrected chi connectivity index (χ1v) is 18.0. The highest BCUT2D eigenvalue weighted by atomic mass is 16.7. The zero-order valence-corrected chi connectivity index (χ0v) is 30.4. The van der Waals surface area contributed by atoms with E-state index >= 15 is 0 Å². The van der Waals surface area contributed by atoms with Crippen LogP contribution in [0.5, 0.6) is 0 Å². The molecular weight excluding hydrogens is 693 g/mol. The third-order valence-corrected chi connectivity index (χ3v) is 9.76. The van der Waals surface area contributed by atoms with Crippen LogP contribution < -0.4 is 26.6 Å². The molecule has 0 spiro atoms. The van der Waals surface area contributed by atoms with E-state index < -0.39 is 5.56 Å². The predicted octanol–water partition coefficient (Wildman–Crippen LogP) is 6.43. The van der Waals surface area contributed by atoms with Gasteiger partial charge in [-0.3, -0.25) is 9.59 Å². The Labute approximate surface area is 316 Å². The number of anilines is 2. The maximum Gasteiger partial charge on any atom is 0.287 e. The molecule has 55 heavy (non-hydrogen) atoms. The molecule has 3 aromatic carbocycles. The van der Waals surface area contributed by atoms with Crippen molar-refractivity contribution in [1.82, 2.24) is 29.4 Å². The fourth-order valence-electron chi connectivity index (χ4n) is 6.94. The first-order chi connectivity index (χ1) is 26.8. The lowest BCUT2D eigenvalue weighted by molar-refractivity contribution is 0.0979. The lowest BCUT2D eigenvalue weighted by Crippen LogP contribution is -2.28. The Kier molecular flexibility index (Phi) is 9.61. The molecule has 0 fully saturated rings. The Morgan fingerprint density at radius 2 is 1.20 bits per heavy atom. The fourth-order valence-corrected chi connectivity index (χ4v) is 6.94. The standard InChI is InChI=1S/C25H22N4O2.C18H16N4O2/c1-17-24-22(26-14-19-10-11-20-8-5-9-21(20)12-19)13-23(30)29(25(24)28-16-27-17)31-15-18-6-3-2-4-7-18;1-11-17-15(8-16(23)22(24)18(17)21-10-20-11)19-9-12-5-6-13-3-2-4-14(13)7-12/h2-8,10-13,16,26H,9,14-15H2,1H3;2-3,5-8,10,19,24H,4,9H2,1H3. The van der Waals surface area contributed by atoms with Crippen molar-refractivity contribution in [3.63, 3.8) is 0 Å². The molecule has 274 valence electrons. The molecular formula is C43H38N8O4. The van der Waals surface area contributed by atoms with Crippen LogP contribution in [-0.2, 0) is 32.5 Å². The lowest BCUT2D eigenvalue weighted by atomic mass is 10.1. The quantitative estimate of drug-likeness (QED) is 0.142. The molecule has 12 nitrogen and oxygen atoms in total. The van der Waals surface area contributed by atoms with Gasteiger partial charge in [-0.1, -0.05) is 91.0 Å². The number of pyridine rings is 2. The summed E-state index contributed by atoms with van der Waals surface area (Å²) in [6.07, 6.45) is 13.3. The molecule has 0 amide bonds. The van der Waals surface area contributed by atoms with E-state index in [-0.39, 0.29) is 17.8 Å². The molecule has 7 aromatic rings. The van der Waals surface area contributed by atoms with Crippen LogP contribution in [0, 0.1) is 13.8 Å². The average molecular weight is 731 g/mol. The fraction of sp³-hybridized carbons (Fsp3) is 0.163. The van der Waals surface area contributed by atoms with Crippen LogP contribution in [0.1, 0.15) is 50.3 Å². The van der Waals surface area contributed by atoms with Crippen LogP contribution in [0.3, 0.4) is 0 Å². The Hall–Kier alpha value is -7.08. The second kappa shape index (κ2) is 15.1. The second-order valence-corrected chi connectivity index (χ2v) is 13.5. The molecule has 0 saturated heterocycles. The van der Waals surface area contributed by atoms with E-state index in [0.717, 1.165) is 40.6 Å². The van der Waals surface area contributed by atoms with Crippen LogP contribution >= 0.6 is 0 Å². The van der Waals surface area contributed by atoms with Crippen molar-refractivity contribution < 1.29 is 10.0 Å². The van der Waals surface area contributed by atoms with Crippen LogP contribution in [0.2, 0.25) is 0 Å². The molecule has 2 aliphatic carbocycles. The second-order valence-electron chi connectivity index (χ2n) is 13.5. The molecule has 12 heteroatoms. The molecule has 0 saturated carbocycles. The van der Waals surface area contributed by atoms with Crippen molar-refractivity contribution in [2.24, 2.45) is 0 Å². The van der Waals surface area contributed by atoms with Gasteiger partial charge in [0.1, 0.15) is 19.3 Å². The zero-order chi connectivity index (χ0) is 37.9. The van der Waals surface area contributed by atoms with Gasteiger partial charge in [0, 0.05) is 25.2 Å². The first-order valence-electron chi connectivity index (χ1n) is 18.0. The van der Waals surface area contributed by atoms with Crippen molar-refractivity contribution in [3.05, 3.63) is 175 Å². The Balaban J connectivity index is 0.000000160. The number of hydrogen-bond acceptors (Lipinski definition) is 10. The number of aromatic nitrogens is 6. The highest BCUT2D eigenvalue weighted by molar-refractivity contribution is 5.91. The van der Waals surface area contributed by atoms with E-state index in [0.29, 0.717) is 45.9 Å². The maximum absolute atomic E-state index is 12.9. The van der Waals surface area contributed by atoms with Crippen molar-refractivity contribution in [2.45, 2.75) is 46.4 Å².